The maximum atomic E-state index is 12.3. The third-order valence-electron chi connectivity index (χ3n) is 4.56. The molecule has 1 aliphatic rings. The van der Waals surface area contributed by atoms with E-state index in [4.69, 9.17) is 14.8 Å². The van der Waals surface area contributed by atoms with E-state index in [0.29, 0.717) is 18.7 Å². The first kappa shape index (κ1) is 19.7. The molecule has 0 atom stereocenters. The summed E-state index contributed by atoms with van der Waals surface area (Å²) in [6.07, 6.45) is -0.311. The van der Waals surface area contributed by atoms with Gasteiger partial charge in [-0.1, -0.05) is 24.3 Å². The number of ether oxygens (including phenoxy) is 1. The molecule has 0 bridgehead atoms. The van der Waals surface area contributed by atoms with Gasteiger partial charge in [-0.15, -0.1) is 0 Å². The van der Waals surface area contributed by atoms with Crippen molar-refractivity contribution in [3.63, 3.8) is 0 Å². The Morgan fingerprint density at radius 2 is 1.79 bits per heavy atom. The largest absolute Gasteiger partial charge is 0.507 e. The third-order valence-corrected chi connectivity index (χ3v) is 4.56. The Bertz CT molecular complexity index is 866. The highest BCUT2D eigenvalue weighted by molar-refractivity contribution is 6.41. The highest BCUT2D eigenvalue weighted by Gasteiger charge is 2.34. The van der Waals surface area contributed by atoms with Crippen LogP contribution in [0.3, 0.4) is 0 Å². The second kappa shape index (κ2) is 8.32. The molecule has 28 heavy (non-hydrogen) atoms. The van der Waals surface area contributed by atoms with Gasteiger partial charge in [-0.3, -0.25) is 4.79 Å². The van der Waals surface area contributed by atoms with E-state index in [1.807, 2.05) is 6.07 Å². The summed E-state index contributed by atoms with van der Waals surface area (Å²) in [5, 5.41) is 37.6. The first-order valence-corrected chi connectivity index (χ1v) is 8.82. The lowest BCUT2D eigenvalue weighted by molar-refractivity contribution is 0.0169. The Hall–Kier alpha value is -3.04. The van der Waals surface area contributed by atoms with Gasteiger partial charge in [-0.25, -0.2) is 4.79 Å². The number of benzene rings is 2. The number of carboxylic acids is 1. The van der Waals surface area contributed by atoms with Crippen molar-refractivity contribution in [3.05, 3.63) is 59.2 Å². The second-order valence-electron chi connectivity index (χ2n) is 6.59. The molecule has 0 aliphatic carbocycles. The summed E-state index contributed by atoms with van der Waals surface area (Å²) in [5.74, 6) is -1.92. The summed E-state index contributed by atoms with van der Waals surface area (Å²) in [6, 6.07) is 11.7. The van der Waals surface area contributed by atoms with Gasteiger partial charge in [-0.05, 0) is 36.5 Å². The maximum absolute atomic E-state index is 12.3. The summed E-state index contributed by atoms with van der Waals surface area (Å²) in [7, 11) is -1.55. The van der Waals surface area contributed by atoms with Crippen LogP contribution in [0.1, 0.15) is 26.3 Å². The van der Waals surface area contributed by atoms with Gasteiger partial charge in [0.05, 0.1) is 13.1 Å². The van der Waals surface area contributed by atoms with Crippen LogP contribution in [0.2, 0.25) is 6.32 Å². The van der Waals surface area contributed by atoms with Crippen molar-refractivity contribution in [1.82, 2.24) is 4.90 Å². The molecule has 1 saturated heterocycles. The number of hydrogen-bond donors (Lipinski definition) is 4. The van der Waals surface area contributed by atoms with E-state index in [1.54, 1.807) is 29.2 Å². The van der Waals surface area contributed by atoms with Gasteiger partial charge in [0.25, 0.3) is 5.91 Å². The number of rotatable bonds is 7. The topological polar surface area (TPSA) is 128 Å². The molecule has 9 heteroatoms. The summed E-state index contributed by atoms with van der Waals surface area (Å²) < 4.78 is 5.69. The van der Waals surface area contributed by atoms with Crippen molar-refractivity contribution in [1.29, 1.82) is 0 Å². The van der Waals surface area contributed by atoms with Gasteiger partial charge in [0.1, 0.15) is 23.2 Å². The molecule has 1 amide bonds. The molecule has 1 aliphatic heterocycles. The molecule has 0 saturated carbocycles. The Morgan fingerprint density at radius 1 is 1.11 bits per heavy atom. The first-order valence-electron chi connectivity index (χ1n) is 8.82. The number of amides is 1. The number of carbonyl (C=O) groups excluding carboxylic acids is 1. The zero-order valence-electron chi connectivity index (χ0n) is 15.0. The lowest BCUT2D eigenvalue weighted by Gasteiger charge is -2.39. The average Bonchev–Trinajstić information content (AvgIpc) is 2.63. The average molecular weight is 385 g/mol. The zero-order chi connectivity index (χ0) is 20.3. The van der Waals surface area contributed by atoms with Crippen LogP contribution in [0, 0.1) is 0 Å². The SMILES string of the molecule is O=C(O)c1c(OC2CN(C(=O)c3ccccc3)C2)ccc(CCB(O)O)c1O. The highest BCUT2D eigenvalue weighted by Crippen LogP contribution is 2.34. The Kier molecular flexibility index (Phi) is 5.86. The standard InChI is InChI=1S/C19H20BNO7/c22-17-12(8-9-20(26)27)6-7-15(16(17)19(24)25)28-14-10-21(11-14)18(23)13-4-2-1-3-5-13/h1-7,14,22,26-27H,8-11H2,(H,24,25). The summed E-state index contributed by atoms with van der Waals surface area (Å²) >= 11 is 0. The quantitative estimate of drug-likeness (QED) is 0.524. The molecule has 0 aromatic heterocycles. The Balaban J connectivity index is 1.67. The van der Waals surface area contributed by atoms with Crippen LogP contribution in [-0.4, -0.2) is 63.3 Å². The van der Waals surface area contributed by atoms with E-state index >= 15 is 0 Å². The van der Waals surface area contributed by atoms with Gasteiger partial charge in [0.15, 0.2) is 0 Å². The predicted molar refractivity (Wildman–Crippen MR) is 101 cm³/mol. The van der Waals surface area contributed by atoms with Crippen molar-refractivity contribution in [2.45, 2.75) is 18.8 Å². The van der Waals surface area contributed by atoms with Crippen LogP contribution in [0.5, 0.6) is 11.5 Å². The molecule has 0 unspecified atom stereocenters. The molecule has 0 spiro atoms. The number of likely N-dealkylation sites (tertiary alicyclic amines) is 1. The number of phenols is 1. The molecule has 2 aromatic carbocycles. The highest BCUT2D eigenvalue weighted by atomic mass is 16.5. The van der Waals surface area contributed by atoms with Gasteiger partial charge in [0.2, 0.25) is 0 Å². The van der Waals surface area contributed by atoms with Gasteiger partial charge in [0, 0.05) is 5.56 Å². The summed E-state index contributed by atoms with van der Waals surface area (Å²) in [6.45, 7) is 0.623. The van der Waals surface area contributed by atoms with Gasteiger partial charge in [-0.2, -0.15) is 0 Å². The Morgan fingerprint density at radius 3 is 2.39 bits per heavy atom. The number of nitrogens with zero attached hydrogens (tertiary/aromatic N) is 1. The molecular weight excluding hydrogens is 365 g/mol. The third kappa shape index (κ3) is 4.27. The van der Waals surface area contributed by atoms with Crippen LogP contribution in [0.25, 0.3) is 0 Å². The van der Waals surface area contributed by atoms with Gasteiger partial charge < -0.3 is 29.9 Å². The molecule has 0 radical (unpaired) electrons. The number of aromatic carboxylic acids is 1. The van der Waals surface area contributed by atoms with Crippen molar-refractivity contribution >= 4 is 19.0 Å². The fourth-order valence-corrected chi connectivity index (χ4v) is 3.03. The molecule has 2 aromatic rings. The second-order valence-corrected chi connectivity index (χ2v) is 6.59. The molecule has 3 rings (SSSR count). The van der Waals surface area contributed by atoms with E-state index < -0.39 is 18.8 Å². The molecule has 4 N–H and O–H groups in total. The maximum Gasteiger partial charge on any atom is 0.451 e. The van der Waals surface area contributed by atoms with E-state index in [0.717, 1.165) is 0 Å². The molecular formula is C19H20BNO7. The monoisotopic (exact) mass is 385 g/mol. The number of carbonyl (C=O) groups is 2. The number of hydrogen-bond acceptors (Lipinski definition) is 6. The van der Waals surface area contributed by atoms with Crippen molar-refractivity contribution < 1.29 is 34.6 Å². The Labute approximate surface area is 161 Å². The molecule has 146 valence electrons. The van der Waals surface area contributed by atoms with Crippen LogP contribution in [-0.2, 0) is 6.42 Å². The molecule has 1 fully saturated rings. The molecule has 1 heterocycles. The minimum absolute atomic E-state index is 0.00936. The normalized spacial score (nSPS) is 13.7. The van der Waals surface area contributed by atoms with Crippen molar-refractivity contribution in [2.24, 2.45) is 0 Å². The van der Waals surface area contributed by atoms with E-state index in [-0.39, 0.29) is 41.6 Å². The van der Waals surface area contributed by atoms with E-state index in [9.17, 15) is 19.8 Å². The number of aromatic hydroxyl groups is 1. The first-order chi connectivity index (χ1) is 13.4. The lowest BCUT2D eigenvalue weighted by atomic mass is 9.82. The number of carboxylic acid groups (broad SMARTS) is 1. The fourth-order valence-electron chi connectivity index (χ4n) is 3.03. The predicted octanol–water partition coefficient (Wildman–Crippen LogP) is 1.01. The van der Waals surface area contributed by atoms with Crippen molar-refractivity contribution in [3.8, 4) is 11.5 Å². The van der Waals surface area contributed by atoms with Crippen LogP contribution in [0.15, 0.2) is 42.5 Å². The summed E-state index contributed by atoms with van der Waals surface area (Å²) in [5.41, 5.74) is 0.477. The van der Waals surface area contributed by atoms with Crippen molar-refractivity contribution in [2.75, 3.05) is 13.1 Å². The van der Waals surface area contributed by atoms with Crippen LogP contribution >= 0.6 is 0 Å². The van der Waals surface area contributed by atoms with E-state index in [2.05, 4.69) is 0 Å². The fraction of sp³-hybridized carbons (Fsp3) is 0.263. The minimum Gasteiger partial charge on any atom is -0.507 e. The smallest absolute Gasteiger partial charge is 0.451 e. The molecule has 8 nitrogen and oxygen atoms in total. The minimum atomic E-state index is -1.55. The van der Waals surface area contributed by atoms with Crippen LogP contribution in [0.4, 0.5) is 0 Å². The van der Waals surface area contributed by atoms with Crippen LogP contribution < -0.4 is 4.74 Å². The van der Waals surface area contributed by atoms with Gasteiger partial charge >= 0.3 is 13.1 Å². The number of aryl methyl sites for hydroxylation is 1. The summed E-state index contributed by atoms with van der Waals surface area (Å²) in [4.78, 5) is 25.5. The zero-order valence-corrected chi connectivity index (χ0v) is 15.0. The lowest BCUT2D eigenvalue weighted by Crippen LogP contribution is -2.56. The van der Waals surface area contributed by atoms with E-state index in [1.165, 1.54) is 12.1 Å².